The van der Waals surface area contributed by atoms with Gasteiger partial charge >= 0.3 is 5.97 Å². The molecule has 2 aromatic rings. The van der Waals surface area contributed by atoms with Gasteiger partial charge in [-0.1, -0.05) is 12.1 Å². The summed E-state index contributed by atoms with van der Waals surface area (Å²) in [5, 5.41) is 2.62. The third-order valence-corrected chi connectivity index (χ3v) is 2.69. The van der Waals surface area contributed by atoms with E-state index in [1.165, 1.54) is 7.11 Å². The molecule has 1 aromatic heterocycles. The van der Waals surface area contributed by atoms with E-state index in [4.69, 9.17) is 4.42 Å². The van der Waals surface area contributed by atoms with Crippen LogP contribution < -0.4 is 5.32 Å². The van der Waals surface area contributed by atoms with E-state index in [-0.39, 0.29) is 11.3 Å². The second-order valence-corrected chi connectivity index (χ2v) is 4.14. The lowest BCUT2D eigenvalue weighted by Crippen LogP contribution is -2.15. The van der Waals surface area contributed by atoms with Crippen molar-refractivity contribution in [1.82, 2.24) is 4.98 Å². The highest BCUT2D eigenvalue weighted by Gasteiger charge is 2.19. The van der Waals surface area contributed by atoms with E-state index < -0.39 is 11.9 Å². The van der Waals surface area contributed by atoms with Crippen LogP contribution in [0.4, 0.5) is 5.69 Å². The number of aromatic nitrogens is 1. The van der Waals surface area contributed by atoms with Gasteiger partial charge in [0, 0.05) is 6.92 Å². The van der Waals surface area contributed by atoms with E-state index in [1.807, 2.05) is 0 Å². The van der Waals surface area contributed by atoms with Crippen LogP contribution in [0, 0.1) is 13.8 Å². The molecule has 0 unspecified atom stereocenters. The molecule has 0 bridgehead atoms. The summed E-state index contributed by atoms with van der Waals surface area (Å²) in [4.78, 5) is 27.8. The normalized spacial score (nSPS) is 10.2. The van der Waals surface area contributed by atoms with E-state index in [0.29, 0.717) is 17.3 Å². The van der Waals surface area contributed by atoms with Crippen LogP contribution in [0.3, 0.4) is 0 Å². The van der Waals surface area contributed by atoms with E-state index in [9.17, 15) is 9.59 Å². The number of nitrogens with one attached hydrogen (secondary N) is 1. The molecule has 0 aliphatic rings. The Balaban J connectivity index is 2.29. The van der Waals surface area contributed by atoms with Gasteiger partial charge in [0.2, 0.25) is 5.76 Å². The summed E-state index contributed by atoms with van der Waals surface area (Å²) < 4.78 is 9.90. The van der Waals surface area contributed by atoms with Crippen LogP contribution in [0.2, 0.25) is 0 Å². The van der Waals surface area contributed by atoms with Crippen LogP contribution in [0.1, 0.15) is 32.5 Å². The minimum atomic E-state index is -0.522. The first-order chi connectivity index (χ1) is 9.52. The predicted molar refractivity (Wildman–Crippen MR) is 71.7 cm³/mol. The molecule has 0 saturated heterocycles. The second-order valence-electron chi connectivity index (χ2n) is 4.14. The van der Waals surface area contributed by atoms with Crippen molar-refractivity contribution in [2.45, 2.75) is 13.8 Å². The van der Waals surface area contributed by atoms with E-state index in [2.05, 4.69) is 15.0 Å². The van der Waals surface area contributed by atoms with E-state index in [0.717, 1.165) is 0 Å². The number of oxazole rings is 1. The van der Waals surface area contributed by atoms with Crippen LogP contribution in [0.25, 0.3) is 0 Å². The highest BCUT2D eigenvalue weighted by Crippen LogP contribution is 2.18. The molecular weight excluding hydrogens is 260 g/mol. The Labute approximate surface area is 115 Å². The molecule has 0 radical (unpaired) electrons. The fourth-order valence-electron chi connectivity index (χ4n) is 1.80. The molecule has 104 valence electrons. The Morgan fingerprint density at radius 2 is 1.95 bits per heavy atom. The first-order valence-electron chi connectivity index (χ1n) is 5.95. The molecule has 6 nitrogen and oxygen atoms in total. The second kappa shape index (κ2) is 5.56. The molecule has 1 N–H and O–H groups in total. The fraction of sp³-hybridized carbons (Fsp3) is 0.214. The SMILES string of the molecule is COC(=O)c1ccccc1NC(=O)c1oc(C)nc1C. The molecule has 0 atom stereocenters. The molecule has 20 heavy (non-hydrogen) atoms. The Morgan fingerprint density at radius 3 is 2.55 bits per heavy atom. The standard InChI is InChI=1S/C14H14N2O4/c1-8-12(20-9(2)15-8)13(17)16-11-7-5-4-6-10(11)14(18)19-3/h4-7H,1-3H3,(H,16,17). The number of carbonyl (C=O) groups excluding carboxylic acids is 2. The summed E-state index contributed by atoms with van der Waals surface area (Å²) in [7, 11) is 1.28. The predicted octanol–water partition coefficient (Wildman–Crippen LogP) is 2.33. The van der Waals surface area contributed by atoms with Gasteiger partial charge in [-0.2, -0.15) is 0 Å². The largest absolute Gasteiger partial charge is 0.465 e. The summed E-state index contributed by atoms with van der Waals surface area (Å²) in [6, 6.07) is 6.58. The van der Waals surface area contributed by atoms with Gasteiger partial charge in [-0.15, -0.1) is 0 Å². The van der Waals surface area contributed by atoms with Crippen molar-refractivity contribution < 1.29 is 18.7 Å². The number of methoxy groups -OCH3 is 1. The monoisotopic (exact) mass is 274 g/mol. The van der Waals surface area contributed by atoms with Crippen molar-refractivity contribution >= 4 is 17.6 Å². The zero-order valence-electron chi connectivity index (χ0n) is 11.4. The number of para-hydroxylation sites is 1. The number of ether oxygens (including phenoxy) is 1. The van der Waals surface area contributed by atoms with E-state index in [1.54, 1.807) is 38.1 Å². The third kappa shape index (κ3) is 2.69. The quantitative estimate of drug-likeness (QED) is 0.869. The van der Waals surface area contributed by atoms with Gasteiger partial charge in [0.05, 0.1) is 24.1 Å². The maximum Gasteiger partial charge on any atom is 0.339 e. The number of carbonyl (C=O) groups is 2. The van der Waals surface area contributed by atoms with Crippen molar-refractivity contribution in [2.75, 3.05) is 12.4 Å². The molecule has 2 rings (SSSR count). The molecule has 0 aliphatic heterocycles. The summed E-state index contributed by atoms with van der Waals surface area (Å²) in [6.45, 7) is 3.34. The minimum Gasteiger partial charge on any atom is -0.465 e. The molecule has 1 heterocycles. The van der Waals surface area contributed by atoms with Crippen LogP contribution in [0.5, 0.6) is 0 Å². The molecule has 0 fully saturated rings. The average Bonchev–Trinajstić information content (AvgIpc) is 2.77. The van der Waals surface area contributed by atoms with E-state index >= 15 is 0 Å². The van der Waals surface area contributed by atoms with Gasteiger partial charge < -0.3 is 14.5 Å². The van der Waals surface area contributed by atoms with Crippen LogP contribution >= 0.6 is 0 Å². The first-order valence-corrected chi connectivity index (χ1v) is 5.95. The molecule has 0 spiro atoms. The number of aryl methyl sites for hydroxylation is 2. The van der Waals surface area contributed by atoms with Crippen molar-refractivity contribution in [2.24, 2.45) is 0 Å². The Bertz CT molecular complexity index is 661. The Kier molecular flexibility index (Phi) is 3.84. The van der Waals surface area contributed by atoms with Gasteiger partial charge in [0.1, 0.15) is 0 Å². The number of amides is 1. The zero-order valence-corrected chi connectivity index (χ0v) is 11.4. The third-order valence-electron chi connectivity index (χ3n) is 2.69. The summed E-state index contributed by atoms with van der Waals surface area (Å²) in [5.74, 6) is -0.443. The lowest BCUT2D eigenvalue weighted by molar-refractivity contribution is 0.0602. The smallest absolute Gasteiger partial charge is 0.339 e. The summed E-state index contributed by atoms with van der Waals surface area (Å²) in [6.07, 6.45) is 0. The lowest BCUT2D eigenvalue weighted by atomic mass is 10.1. The molecular formula is C14H14N2O4. The van der Waals surface area contributed by atoms with Crippen molar-refractivity contribution in [1.29, 1.82) is 0 Å². The van der Waals surface area contributed by atoms with Gasteiger partial charge in [0.25, 0.3) is 5.91 Å². The van der Waals surface area contributed by atoms with Gasteiger partial charge in [-0.3, -0.25) is 4.79 Å². The lowest BCUT2D eigenvalue weighted by Gasteiger charge is -2.08. The van der Waals surface area contributed by atoms with Gasteiger partial charge in [0.15, 0.2) is 5.89 Å². The Morgan fingerprint density at radius 1 is 1.25 bits per heavy atom. The minimum absolute atomic E-state index is 0.127. The number of hydrogen-bond acceptors (Lipinski definition) is 5. The molecule has 0 aliphatic carbocycles. The zero-order chi connectivity index (χ0) is 14.7. The van der Waals surface area contributed by atoms with Crippen LogP contribution in [0.15, 0.2) is 28.7 Å². The van der Waals surface area contributed by atoms with Crippen LogP contribution in [-0.4, -0.2) is 24.0 Å². The first kappa shape index (κ1) is 13.8. The van der Waals surface area contributed by atoms with Crippen molar-refractivity contribution in [3.8, 4) is 0 Å². The van der Waals surface area contributed by atoms with Crippen molar-refractivity contribution in [3.05, 3.63) is 47.2 Å². The fourth-order valence-corrected chi connectivity index (χ4v) is 1.80. The average molecular weight is 274 g/mol. The number of benzene rings is 1. The number of anilines is 1. The number of hydrogen-bond donors (Lipinski definition) is 1. The van der Waals surface area contributed by atoms with Crippen LogP contribution in [-0.2, 0) is 4.74 Å². The number of nitrogens with zero attached hydrogens (tertiary/aromatic N) is 1. The summed E-state index contributed by atoms with van der Waals surface area (Å²) in [5.41, 5.74) is 1.13. The molecule has 1 amide bonds. The topological polar surface area (TPSA) is 81.4 Å². The maximum absolute atomic E-state index is 12.1. The van der Waals surface area contributed by atoms with Gasteiger partial charge in [-0.05, 0) is 19.1 Å². The highest BCUT2D eigenvalue weighted by molar-refractivity contribution is 6.07. The number of rotatable bonds is 3. The van der Waals surface area contributed by atoms with Crippen molar-refractivity contribution in [3.63, 3.8) is 0 Å². The molecule has 1 aromatic carbocycles. The molecule has 6 heteroatoms. The van der Waals surface area contributed by atoms with Gasteiger partial charge in [-0.25, -0.2) is 9.78 Å². The Hall–Kier alpha value is -2.63. The maximum atomic E-state index is 12.1. The number of esters is 1. The molecule has 0 saturated carbocycles. The highest BCUT2D eigenvalue weighted by atomic mass is 16.5. The summed E-state index contributed by atoms with van der Waals surface area (Å²) >= 11 is 0.